The van der Waals surface area contributed by atoms with E-state index in [1.165, 1.54) is 11.3 Å². The fourth-order valence-electron chi connectivity index (χ4n) is 2.86. The third-order valence-corrected chi connectivity index (χ3v) is 5.10. The van der Waals surface area contributed by atoms with Gasteiger partial charge in [0.25, 0.3) is 5.89 Å². The van der Waals surface area contributed by atoms with E-state index in [9.17, 15) is 10.1 Å². The quantitative estimate of drug-likeness (QED) is 0.336. The summed E-state index contributed by atoms with van der Waals surface area (Å²) in [6, 6.07) is 7.63. The lowest BCUT2D eigenvalue weighted by atomic mass is 10.1. The fraction of sp³-hybridized carbons (Fsp3) is 0.300. The van der Waals surface area contributed by atoms with Crippen molar-refractivity contribution in [3.63, 3.8) is 0 Å². The van der Waals surface area contributed by atoms with Crippen LogP contribution in [0, 0.1) is 25.2 Å². The van der Waals surface area contributed by atoms with Crippen molar-refractivity contribution in [2.75, 3.05) is 0 Å². The number of thiophene rings is 1. The number of rotatable bonds is 7. The van der Waals surface area contributed by atoms with Crippen molar-refractivity contribution < 1.29 is 14.1 Å². The summed E-state index contributed by atoms with van der Waals surface area (Å²) in [7, 11) is 0. The van der Waals surface area contributed by atoms with Crippen LogP contribution in [-0.2, 0) is 22.7 Å². The summed E-state index contributed by atoms with van der Waals surface area (Å²) in [5, 5.41) is 15.1. The van der Waals surface area contributed by atoms with Gasteiger partial charge in [-0.2, -0.15) is 10.2 Å². The Morgan fingerprint density at radius 3 is 2.96 bits per heavy atom. The van der Waals surface area contributed by atoms with Gasteiger partial charge in [0.2, 0.25) is 5.82 Å². The van der Waals surface area contributed by atoms with E-state index in [0.29, 0.717) is 5.82 Å². The Morgan fingerprint density at radius 2 is 2.29 bits per heavy atom. The average Bonchev–Trinajstić information content (AvgIpc) is 3.42. The van der Waals surface area contributed by atoms with Crippen molar-refractivity contribution >= 4 is 23.4 Å². The molecule has 0 bridgehead atoms. The highest BCUT2D eigenvalue weighted by Crippen LogP contribution is 2.22. The van der Waals surface area contributed by atoms with Crippen LogP contribution in [0.3, 0.4) is 0 Å². The number of aryl methyl sites for hydroxylation is 1. The zero-order valence-corrected chi connectivity index (χ0v) is 16.7. The van der Waals surface area contributed by atoms with Crippen molar-refractivity contribution in [1.82, 2.24) is 14.7 Å². The molecule has 3 aromatic heterocycles. The number of ether oxygens (including phenoxy) is 1. The van der Waals surface area contributed by atoms with Gasteiger partial charge in [-0.15, -0.1) is 11.3 Å². The molecule has 0 aliphatic carbocycles. The molecule has 7 nitrogen and oxygen atoms in total. The molecule has 0 saturated carbocycles. The summed E-state index contributed by atoms with van der Waals surface area (Å²) in [6.45, 7) is 6.78. The van der Waals surface area contributed by atoms with Crippen molar-refractivity contribution in [3.8, 4) is 16.8 Å². The van der Waals surface area contributed by atoms with Crippen LogP contribution in [0.1, 0.15) is 36.2 Å². The Morgan fingerprint density at radius 1 is 1.46 bits per heavy atom. The number of hydrogen-bond donors (Lipinski definition) is 0. The number of carbonyl (C=O) groups excluding carboxylic acids is 1. The van der Waals surface area contributed by atoms with Crippen LogP contribution in [0.25, 0.3) is 16.8 Å². The highest BCUT2D eigenvalue weighted by molar-refractivity contribution is 7.13. The van der Waals surface area contributed by atoms with Gasteiger partial charge in [0.05, 0.1) is 4.88 Å². The lowest BCUT2D eigenvalue weighted by molar-refractivity contribution is -0.140. The molecule has 0 aliphatic heterocycles. The van der Waals surface area contributed by atoms with Crippen LogP contribution in [0.15, 0.2) is 33.7 Å². The van der Waals surface area contributed by atoms with Crippen molar-refractivity contribution in [2.45, 2.75) is 40.3 Å². The number of nitrogens with zero attached hydrogens (tertiary/aromatic N) is 4. The number of nitriles is 1. The maximum absolute atomic E-state index is 12.3. The zero-order valence-electron chi connectivity index (χ0n) is 15.9. The first-order chi connectivity index (χ1) is 13.5. The number of hydrogen-bond acceptors (Lipinski definition) is 7. The number of carbonyl (C=O) groups is 1. The minimum atomic E-state index is -0.723. The Kier molecular flexibility index (Phi) is 6.06. The normalized spacial score (nSPS) is 11.4. The molecule has 0 saturated heterocycles. The molecule has 0 unspecified atom stereocenters. The highest BCUT2D eigenvalue weighted by Gasteiger charge is 2.16. The monoisotopic (exact) mass is 396 g/mol. The maximum atomic E-state index is 12.3. The van der Waals surface area contributed by atoms with E-state index in [2.05, 4.69) is 21.6 Å². The van der Waals surface area contributed by atoms with Gasteiger partial charge in [-0.05, 0) is 49.4 Å². The summed E-state index contributed by atoms with van der Waals surface area (Å²) in [4.78, 5) is 17.4. The molecule has 28 heavy (non-hydrogen) atoms. The third kappa shape index (κ3) is 4.21. The van der Waals surface area contributed by atoms with Crippen LogP contribution >= 0.6 is 11.3 Å². The molecule has 8 heteroatoms. The Hall–Kier alpha value is -3.18. The molecular weight excluding hydrogens is 376 g/mol. The first-order valence-electron chi connectivity index (χ1n) is 8.85. The Bertz CT molecular complexity index is 1040. The Balaban J connectivity index is 1.70. The van der Waals surface area contributed by atoms with Gasteiger partial charge in [0.1, 0.15) is 11.6 Å². The molecule has 0 aromatic carbocycles. The van der Waals surface area contributed by atoms with E-state index in [4.69, 9.17) is 9.26 Å². The fourth-order valence-corrected chi connectivity index (χ4v) is 3.51. The van der Waals surface area contributed by atoms with Gasteiger partial charge in [-0.3, -0.25) is 0 Å². The second-order valence-corrected chi connectivity index (χ2v) is 7.16. The highest BCUT2D eigenvalue weighted by atomic mass is 32.1. The van der Waals surface area contributed by atoms with Gasteiger partial charge in [-0.1, -0.05) is 18.1 Å². The van der Waals surface area contributed by atoms with Gasteiger partial charge in [-0.25, -0.2) is 4.79 Å². The van der Waals surface area contributed by atoms with Crippen LogP contribution in [0.4, 0.5) is 0 Å². The number of aromatic nitrogens is 3. The first-order valence-corrected chi connectivity index (χ1v) is 9.73. The molecule has 0 N–H and O–H groups in total. The van der Waals surface area contributed by atoms with Gasteiger partial charge in [0, 0.05) is 17.9 Å². The SMILES string of the molecule is CCCn1c(C)cc(/C=C(\C#N)C(=O)OCc2nc(-c3cccs3)no2)c1C. The topological polar surface area (TPSA) is 93.9 Å². The average molecular weight is 396 g/mol. The summed E-state index contributed by atoms with van der Waals surface area (Å²) in [5.74, 6) is -0.103. The minimum absolute atomic E-state index is 0.0743. The van der Waals surface area contributed by atoms with Gasteiger partial charge >= 0.3 is 5.97 Å². The lowest BCUT2D eigenvalue weighted by Gasteiger charge is -2.07. The molecule has 3 heterocycles. The predicted octanol–water partition coefficient (Wildman–Crippen LogP) is 4.28. The zero-order chi connectivity index (χ0) is 20.1. The van der Waals surface area contributed by atoms with Crippen molar-refractivity contribution in [3.05, 3.63) is 52.0 Å². The minimum Gasteiger partial charge on any atom is -0.451 e. The smallest absolute Gasteiger partial charge is 0.349 e. The van der Waals surface area contributed by atoms with Crippen LogP contribution in [-0.4, -0.2) is 20.7 Å². The standard InChI is InChI=1S/C20H20N4O3S/c1-4-7-24-13(2)9-15(14(24)3)10-16(11-21)20(25)26-12-18-22-19(23-27-18)17-6-5-8-28-17/h5-6,8-10H,4,7,12H2,1-3H3/b16-10+. The van der Waals surface area contributed by atoms with Crippen molar-refractivity contribution in [2.24, 2.45) is 0 Å². The van der Waals surface area contributed by atoms with Crippen LogP contribution in [0.5, 0.6) is 0 Å². The molecular formula is C20H20N4O3S. The molecule has 0 amide bonds. The summed E-state index contributed by atoms with van der Waals surface area (Å²) >= 11 is 1.48. The molecule has 0 aliphatic rings. The second kappa shape index (κ2) is 8.67. The van der Waals surface area contributed by atoms with E-state index in [0.717, 1.165) is 34.8 Å². The van der Waals surface area contributed by atoms with E-state index >= 15 is 0 Å². The first kappa shape index (κ1) is 19.6. The molecule has 0 atom stereocenters. The largest absolute Gasteiger partial charge is 0.451 e. The molecule has 3 aromatic rings. The summed E-state index contributed by atoms with van der Waals surface area (Å²) in [5.41, 5.74) is 2.85. The van der Waals surface area contributed by atoms with Gasteiger partial charge in [0.15, 0.2) is 6.61 Å². The van der Waals surface area contributed by atoms with Crippen molar-refractivity contribution in [1.29, 1.82) is 5.26 Å². The number of esters is 1. The molecule has 0 spiro atoms. The van der Waals surface area contributed by atoms with E-state index < -0.39 is 5.97 Å². The summed E-state index contributed by atoms with van der Waals surface area (Å²) < 4.78 is 12.4. The maximum Gasteiger partial charge on any atom is 0.349 e. The van der Waals surface area contributed by atoms with E-state index in [1.54, 1.807) is 6.08 Å². The van der Waals surface area contributed by atoms with Crippen LogP contribution in [0.2, 0.25) is 0 Å². The van der Waals surface area contributed by atoms with E-state index in [1.807, 2.05) is 43.5 Å². The second-order valence-electron chi connectivity index (χ2n) is 6.21. The Labute approximate surface area is 166 Å². The summed E-state index contributed by atoms with van der Waals surface area (Å²) in [6.07, 6.45) is 2.56. The van der Waals surface area contributed by atoms with Crippen LogP contribution < -0.4 is 0 Å². The lowest BCUT2D eigenvalue weighted by Crippen LogP contribution is -2.07. The molecule has 144 valence electrons. The molecule has 0 fully saturated rings. The molecule has 0 radical (unpaired) electrons. The van der Waals surface area contributed by atoms with Gasteiger partial charge < -0.3 is 13.8 Å². The third-order valence-electron chi connectivity index (χ3n) is 4.24. The predicted molar refractivity (Wildman–Crippen MR) is 105 cm³/mol. The molecule has 3 rings (SSSR count). The van der Waals surface area contributed by atoms with E-state index in [-0.39, 0.29) is 18.1 Å².